The maximum absolute atomic E-state index is 11.0. The minimum Gasteiger partial charge on any atom is -0.364 e. The van der Waals surface area contributed by atoms with Crippen LogP contribution in [0.15, 0.2) is 17.1 Å². The Morgan fingerprint density at radius 3 is 3.00 bits per heavy atom. The molecule has 0 aliphatic carbocycles. The van der Waals surface area contributed by atoms with E-state index in [2.05, 4.69) is 4.98 Å². The van der Waals surface area contributed by atoms with E-state index in [0.717, 1.165) is 0 Å². The fourth-order valence-electron chi connectivity index (χ4n) is 0.773. The van der Waals surface area contributed by atoms with Crippen molar-refractivity contribution in [1.29, 1.82) is 5.26 Å². The van der Waals surface area contributed by atoms with Crippen LogP contribution in [0.4, 0.5) is 0 Å². The normalized spacial score (nSPS) is 9.09. The van der Waals surface area contributed by atoms with Crippen LogP contribution in [0.2, 0.25) is 0 Å². The molecule has 0 saturated heterocycles. The molecule has 0 atom stereocenters. The van der Waals surface area contributed by atoms with Crippen molar-refractivity contribution in [1.82, 2.24) is 4.98 Å². The van der Waals surface area contributed by atoms with Gasteiger partial charge in [-0.2, -0.15) is 5.26 Å². The van der Waals surface area contributed by atoms with Crippen molar-refractivity contribution in [2.75, 3.05) is 0 Å². The number of nitrogens with one attached hydrogen (secondary N) is 1. The molecule has 1 N–H and O–H groups in total. The molecule has 3 heteroatoms. The van der Waals surface area contributed by atoms with E-state index in [4.69, 9.17) is 5.26 Å². The van der Waals surface area contributed by atoms with Crippen LogP contribution in [0.3, 0.4) is 0 Å². The van der Waals surface area contributed by atoms with Crippen molar-refractivity contribution >= 4 is 0 Å². The third-order valence-electron chi connectivity index (χ3n) is 1.44. The molecule has 0 aromatic carbocycles. The molecule has 0 saturated carbocycles. The number of aromatic amines is 1. The molecule has 0 fully saturated rings. The second-order valence-electron chi connectivity index (χ2n) is 2.34. The average Bonchev–Trinajstić information content (AvgIpc) is 1.98. The highest BCUT2D eigenvalue weighted by Gasteiger charge is 1.94. The van der Waals surface area contributed by atoms with Crippen molar-refractivity contribution < 1.29 is 0 Å². The number of nitrogens with zero attached hydrogens (tertiary/aromatic N) is 1. The summed E-state index contributed by atoms with van der Waals surface area (Å²) in [6.07, 6.45) is 1.88. The second-order valence-corrected chi connectivity index (χ2v) is 2.34. The molecule has 0 spiro atoms. The SMILES string of the molecule is Cc1c[nH]c(CC#N)cc1=O. The molecule has 0 bridgehead atoms. The summed E-state index contributed by atoms with van der Waals surface area (Å²) in [5.74, 6) is 0. The van der Waals surface area contributed by atoms with E-state index in [1.54, 1.807) is 13.1 Å². The standard InChI is InChI=1S/C8H8N2O/c1-6-5-10-7(2-3-9)4-8(6)11/h4-5H,2H2,1H3,(H,10,11). The van der Waals surface area contributed by atoms with E-state index >= 15 is 0 Å². The number of H-pyrrole nitrogens is 1. The van der Waals surface area contributed by atoms with Crippen molar-refractivity contribution in [3.8, 4) is 6.07 Å². The van der Waals surface area contributed by atoms with Gasteiger partial charge in [-0.25, -0.2) is 0 Å². The van der Waals surface area contributed by atoms with Crippen LogP contribution < -0.4 is 5.43 Å². The van der Waals surface area contributed by atoms with E-state index in [9.17, 15) is 4.79 Å². The molecular formula is C8H8N2O. The summed E-state index contributed by atoms with van der Waals surface area (Å²) >= 11 is 0. The summed E-state index contributed by atoms with van der Waals surface area (Å²) in [7, 11) is 0. The zero-order valence-electron chi connectivity index (χ0n) is 6.22. The van der Waals surface area contributed by atoms with Gasteiger partial charge in [-0.3, -0.25) is 4.79 Å². The molecule has 1 rings (SSSR count). The maximum Gasteiger partial charge on any atom is 0.184 e. The average molecular weight is 148 g/mol. The van der Waals surface area contributed by atoms with Gasteiger partial charge in [0.1, 0.15) is 0 Å². The lowest BCUT2D eigenvalue weighted by Gasteiger charge is -1.94. The van der Waals surface area contributed by atoms with Gasteiger partial charge in [-0.15, -0.1) is 0 Å². The van der Waals surface area contributed by atoms with Gasteiger partial charge in [0.25, 0.3) is 0 Å². The molecule has 1 aromatic rings. The Hall–Kier alpha value is -1.56. The first-order valence-corrected chi connectivity index (χ1v) is 3.29. The number of hydrogen-bond donors (Lipinski definition) is 1. The monoisotopic (exact) mass is 148 g/mol. The lowest BCUT2D eigenvalue weighted by molar-refractivity contribution is 1.08. The van der Waals surface area contributed by atoms with E-state index in [0.29, 0.717) is 11.3 Å². The topological polar surface area (TPSA) is 56.6 Å². The fraction of sp³-hybridized carbons (Fsp3) is 0.250. The number of rotatable bonds is 1. The number of aryl methyl sites for hydroxylation is 1. The Balaban J connectivity index is 3.08. The lowest BCUT2D eigenvalue weighted by atomic mass is 10.2. The lowest BCUT2D eigenvalue weighted by Crippen LogP contribution is -2.06. The molecule has 56 valence electrons. The Kier molecular flexibility index (Phi) is 2.07. The van der Waals surface area contributed by atoms with Gasteiger partial charge in [-0.1, -0.05) is 0 Å². The molecule has 0 unspecified atom stereocenters. The predicted octanol–water partition coefficient (Wildman–Crippen LogP) is 0.749. The number of hydrogen-bond acceptors (Lipinski definition) is 2. The Morgan fingerprint density at radius 1 is 1.73 bits per heavy atom. The van der Waals surface area contributed by atoms with Gasteiger partial charge in [0.2, 0.25) is 0 Å². The minimum absolute atomic E-state index is 0.0194. The summed E-state index contributed by atoms with van der Waals surface area (Å²) in [6.45, 7) is 1.73. The second kappa shape index (κ2) is 3.02. The molecule has 0 radical (unpaired) electrons. The number of pyridine rings is 1. The summed E-state index contributed by atoms with van der Waals surface area (Å²) in [4.78, 5) is 13.8. The minimum atomic E-state index is -0.0194. The highest BCUT2D eigenvalue weighted by Crippen LogP contribution is 1.91. The van der Waals surface area contributed by atoms with E-state index in [1.807, 2.05) is 6.07 Å². The first-order valence-electron chi connectivity index (χ1n) is 3.29. The Morgan fingerprint density at radius 2 is 2.45 bits per heavy atom. The van der Waals surface area contributed by atoms with E-state index < -0.39 is 0 Å². The first kappa shape index (κ1) is 7.55. The highest BCUT2D eigenvalue weighted by atomic mass is 16.1. The molecule has 0 aliphatic heterocycles. The predicted molar refractivity (Wildman–Crippen MR) is 41.1 cm³/mol. The van der Waals surface area contributed by atoms with Gasteiger partial charge in [0.15, 0.2) is 5.43 Å². The quantitative estimate of drug-likeness (QED) is 0.638. The van der Waals surface area contributed by atoms with Crippen molar-refractivity contribution in [2.24, 2.45) is 0 Å². The van der Waals surface area contributed by atoms with Crippen LogP contribution in [0.25, 0.3) is 0 Å². The number of aromatic nitrogens is 1. The molecular weight excluding hydrogens is 140 g/mol. The Bertz CT molecular complexity index is 346. The Labute approximate surface area is 64.3 Å². The van der Waals surface area contributed by atoms with Crippen LogP contribution in [0, 0.1) is 18.3 Å². The zero-order chi connectivity index (χ0) is 8.27. The van der Waals surface area contributed by atoms with Crippen LogP contribution >= 0.6 is 0 Å². The molecule has 3 nitrogen and oxygen atoms in total. The third kappa shape index (κ3) is 1.68. The van der Waals surface area contributed by atoms with Crippen molar-refractivity contribution in [3.05, 3.63) is 33.7 Å². The van der Waals surface area contributed by atoms with E-state index in [1.165, 1.54) is 6.07 Å². The molecule has 0 aliphatic rings. The molecule has 11 heavy (non-hydrogen) atoms. The highest BCUT2D eigenvalue weighted by molar-refractivity contribution is 5.14. The molecule has 0 amide bonds. The summed E-state index contributed by atoms with van der Waals surface area (Å²) in [5, 5.41) is 8.31. The largest absolute Gasteiger partial charge is 0.364 e. The van der Waals surface area contributed by atoms with Crippen LogP contribution in [-0.4, -0.2) is 4.98 Å². The molecule has 1 aromatic heterocycles. The van der Waals surface area contributed by atoms with Gasteiger partial charge >= 0.3 is 0 Å². The van der Waals surface area contributed by atoms with Gasteiger partial charge in [-0.05, 0) is 6.92 Å². The summed E-state index contributed by atoms with van der Waals surface area (Å²) in [6, 6.07) is 3.42. The van der Waals surface area contributed by atoms with Crippen molar-refractivity contribution in [2.45, 2.75) is 13.3 Å². The molecule has 1 heterocycles. The van der Waals surface area contributed by atoms with E-state index in [-0.39, 0.29) is 11.8 Å². The fourth-order valence-corrected chi connectivity index (χ4v) is 0.773. The van der Waals surface area contributed by atoms with Crippen LogP contribution in [-0.2, 0) is 6.42 Å². The van der Waals surface area contributed by atoms with Gasteiger partial charge in [0, 0.05) is 23.5 Å². The van der Waals surface area contributed by atoms with Crippen LogP contribution in [0.1, 0.15) is 11.3 Å². The maximum atomic E-state index is 11.0. The van der Waals surface area contributed by atoms with Crippen LogP contribution in [0.5, 0.6) is 0 Å². The van der Waals surface area contributed by atoms with Crippen molar-refractivity contribution in [3.63, 3.8) is 0 Å². The van der Waals surface area contributed by atoms with Gasteiger partial charge in [0.05, 0.1) is 12.5 Å². The summed E-state index contributed by atoms with van der Waals surface area (Å²) < 4.78 is 0. The zero-order valence-corrected chi connectivity index (χ0v) is 6.22. The number of nitriles is 1. The first-order chi connectivity index (χ1) is 5.24. The third-order valence-corrected chi connectivity index (χ3v) is 1.44. The smallest absolute Gasteiger partial charge is 0.184 e. The summed E-state index contributed by atoms with van der Waals surface area (Å²) in [5.41, 5.74) is 1.32. The van der Waals surface area contributed by atoms with Gasteiger partial charge < -0.3 is 4.98 Å².